The van der Waals surface area contributed by atoms with E-state index in [1.54, 1.807) is 13.0 Å². The summed E-state index contributed by atoms with van der Waals surface area (Å²) in [6, 6.07) is 0. The topological polar surface area (TPSA) is 118 Å². The van der Waals surface area contributed by atoms with Crippen LogP contribution >= 0.6 is 0 Å². The molecule has 0 amide bonds. The van der Waals surface area contributed by atoms with E-state index in [0.717, 1.165) is 17.6 Å². The second-order valence-electron chi connectivity index (χ2n) is 12.9. The fourth-order valence-electron chi connectivity index (χ4n) is 8.23. The maximum Gasteiger partial charge on any atom is 0.159 e. The molecule has 3 fully saturated rings. The average Bonchev–Trinajstić information content (AvgIpc) is 3.02. The number of hydrogen-bond acceptors (Lipinski definition) is 6. The van der Waals surface area contributed by atoms with Crippen molar-refractivity contribution in [1.29, 1.82) is 0 Å². The number of ketones is 1. The lowest BCUT2D eigenvalue weighted by Gasteiger charge is -2.60. The van der Waals surface area contributed by atoms with Crippen LogP contribution in [-0.4, -0.2) is 60.8 Å². The fraction of sp³-hybridized carbons (Fsp3) is 0.821. The highest BCUT2D eigenvalue weighted by atomic mass is 16.3. The van der Waals surface area contributed by atoms with Crippen LogP contribution in [0, 0.1) is 34.5 Å². The summed E-state index contributed by atoms with van der Waals surface area (Å²) < 4.78 is 0. The molecule has 10 atom stereocenters. The summed E-state index contributed by atoms with van der Waals surface area (Å²) in [4.78, 5) is 13.3. The van der Waals surface area contributed by atoms with Crippen molar-refractivity contribution in [2.75, 3.05) is 0 Å². The Bertz CT molecular complexity index is 891. The number of aliphatic hydroxyl groups excluding tert-OH is 3. The maximum absolute atomic E-state index is 13.3. The van der Waals surface area contributed by atoms with Crippen LogP contribution in [0.5, 0.6) is 0 Å². The number of rotatable bonds is 5. The molecule has 0 aliphatic heterocycles. The van der Waals surface area contributed by atoms with Crippen molar-refractivity contribution in [2.45, 2.75) is 109 Å². The third-order valence-electron chi connectivity index (χ3n) is 10.8. The minimum absolute atomic E-state index is 0.0650. The van der Waals surface area contributed by atoms with Crippen molar-refractivity contribution in [3.8, 4) is 0 Å². The van der Waals surface area contributed by atoms with E-state index < -0.39 is 40.3 Å². The molecule has 4 aliphatic rings. The Morgan fingerprint density at radius 3 is 2.44 bits per heavy atom. The second-order valence-corrected chi connectivity index (χ2v) is 12.9. The number of carbonyl (C=O) groups excluding carboxylic acids is 1. The lowest BCUT2D eigenvalue weighted by molar-refractivity contribution is -0.175. The number of hydrogen-bond donors (Lipinski definition) is 5. The van der Waals surface area contributed by atoms with E-state index in [2.05, 4.69) is 6.58 Å². The number of fused-ring (bicyclic) bond motifs is 5. The molecule has 0 spiro atoms. The van der Waals surface area contributed by atoms with Crippen molar-refractivity contribution in [3.05, 3.63) is 23.8 Å². The normalized spacial score (nSPS) is 46.7. The zero-order valence-corrected chi connectivity index (χ0v) is 21.4. The van der Waals surface area contributed by atoms with Gasteiger partial charge in [0.1, 0.15) is 0 Å². The van der Waals surface area contributed by atoms with E-state index in [0.29, 0.717) is 32.1 Å². The van der Waals surface area contributed by atoms with E-state index >= 15 is 0 Å². The predicted octanol–water partition coefficient (Wildman–Crippen LogP) is 2.91. The summed E-state index contributed by atoms with van der Waals surface area (Å²) in [5.41, 5.74) is -2.29. The van der Waals surface area contributed by atoms with Gasteiger partial charge in [0.25, 0.3) is 0 Å². The highest BCUT2D eigenvalue weighted by Crippen LogP contribution is 2.68. The molecule has 0 unspecified atom stereocenters. The first kappa shape index (κ1) is 26.0. The van der Waals surface area contributed by atoms with Gasteiger partial charge in [0.2, 0.25) is 0 Å². The van der Waals surface area contributed by atoms with Crippen LogP contribution in [0.2, 0.25) is 0 Å². The van der Waals surface area contributed by atoms with Crippen LogP contribution < -0.4 is 0 Å². The first-order valence-electron chi connectivity index (χ1n) is 13.0. The molecule has 0 aromatic heterocycles. The zero-order chi connectivity index (χ0) is 25.4. The number of allylic oxidation sites excluding steroid dienone is 1. The molecule has 34 heavy (non-hydrogen) atoms. The lowest BCUT2D eigenvalue weighted by Crippen LogP contribution is -2.62. The third kappa shape index (κ3) is 3.51. The van der Waals surface area contributed by atoms with Gasteiger partial charge in [0.05, 0.1) is 29.5 Å². The van der Waals surface area contributed by atoms with Crippen LogP contribution in [0.1, 0.15) is 79.6 Å². The molecule has 0 heterocycles. The maximum atomic E-state index is 13.3. The van der Waals surface area contributed by atoms with Gasteiger partial charge < -0.3 is 25.5 Å². The van der Waals surface area contributed by atoms with Crippen LogP contribution in [0.25, 0.3) is 0 Å². The molecule has 4 rings (SSSR count). The largest absolute Gasteiger partial charge is 0.390 e. The Hall–Kier alpha value is -1.05. The summed E-state index contributed by atoms with van der Waals surface area (Å²) >= 11 is 0. The van der Waals surface area contributed by atoms with E-state index in [-0.39, 0.29) is 35.9 Å². The Kier molecular flexibility index (Phi) is 6.31. The van der Waals surface area contributed by atoms with Crippen molar-refractivity contribution in [2.24, 2.45) is 34.5 Å². The van der Waals surface area contributed by atoms with Crippen LogP contribution in [-0.2, 0) is 4.79 Å². The fourth-order valence-corrected chi connectivity index (χ4v) is 8.23. The number of aliphatic hydroxyl groups is 5. The number of carbonyl (C=O) groups is 1. The molecule has 192 valence electrons. The molecular formula is C28H44O6. The summed E-state index contributed by atoms with van der Waals surface area (Å²) in [7, 11) is 0. The molecule has 0 aromatic rings. The van der Waals surface area contributed by atoms with Gasteiger partial charge in [-0.2, -0.15) is 0 Å². The average molecular weight is 477 g/mol. The highest BCUT2D eigenvalue weighted by molar-refractivity contribution is 5.95. The molecule has 6 nitrogen and oxygen atoms in total. The zero-order valence-electron chi connectivity index (χ0n) is 21.4. The monoisotopic (exact) mass is 476 g/mol. The SMILES string of the molecule is C=C(C[C@H](O)[C@@](C)(O)[C@@H]1CC[C@]2(O)C3=CC(=O)[C@H]4C[C@H](O)[C@H](O)C[C@@]4(C)[C@@H]3CC[C@@]12C)C(C)C. The molecule has 0 bridgehead atoms. The van der Waals surface area contributed by atoms with Gasteiger partial charge in [-0.15, -0.1) is 0 Å². The molecule has 4 aliphatic carbocycles. The van der Waals surface area contributed by atoms with Gasteiger partial charge in [-0.05, 0) is 86.7 Å². The summed E-state index contributed by atoms with van der Waals surface area (Å²) in [5, 5.41) is 55.6. The van der Waals surface area contributed by atoms with Gasteiger partial charge in [0, 0.05) is 11.3 Å². The van der Waals surface area contributed by atoms with E-state index in [1.165, 1.54) is 0 Å². The minimum Gasteiger partial charge on any atom is -0.390 e. The molecule has 6 heteroatoms. The lowest BCUT2D eigenvalue weighted by atomic mass is 9.45. The van der Waals surface area contributed by atoms with Gasteiger partial charge >= 0.3 is 0 Å². The van der Waals surface area contributed by atoms with Crippen molar-refractivity contribution < 1.29 is 30.3 Å². The highest BCUT2D eigenvalue weighted by Gasteiger charge is 2.69. The minimum atomic E-state index is -1.42. The quantitative estimate of drug-likeness (QED) is 0.390. The van der Waals surface area contributed by atoms with Gasteiger partial charge in [0.15, 0.2) is 5.78 Å². The summed E-state index contributed by atoms with van der Waals surface area (Å²) in [6.45, 7) is 13.8. The summed E-state index contributed by atoms with van der Waals surface area (Å²) in [6.07, 6.45) is 2.07. The van der Waals surface area contributed by atoms with Crippen molar-refractivity contribution in [1.82, 2.24) is 0 Å². The molecule has 0 saturated heterocycles. The molecule has 0 radical (unpaired) electrons. The van der Waals surface area contributed by atoms with E-state index in [1.807, 2.05) is 27.7 Å². The van der Waals surface area contributed by atoms with Crippen molar-refractivity contribution in [3.63, 3.8) is 0 Å². The predicted molar refractivity (Wildman–Crippen MR) is 130 cm³/mol. The third-order valence-corrected chi connectivity index (χ3v) is 10.8. The Morgan fingerprint density at radius 2 is 1.82 bits per heavy atom. The van der Waals surface area contributed by atoms with Gasteiger partial charge in [-0.25, -0.2) is 0 Å². The summed E-state index contributed by atoms with van der Waals surface area (Å²) in [5.74, 6) is -0.656. The Morgan fingerprint density at radius 1 is 1.18 bits per heavy atom. The first-order valence-corrected chi connectivity index (χ1v) is 13.0. The van der Waals surface area contributed by atoms with E-state index in [9.17, 15) is 30.3 Å². The standard InChI is InChI=1S/C28H44O6/c1-15(2)16(3)11-24(32)27(6,33)23-8-10-28(34)18-12-20(29)19-13-21(30)22(31)14-25(19,4)17(18)7-9-26(23,28)5/h12,15,17,19,21-24,30-34H,3,7-11,13-14H2,1-2,4-6H3/t17-,19-,21+,22-,23-,24+,25+,26+,27+,28+/m1/s1. The molecule has 5 N–H and O–H groups in total. The molecule has 3 saturated carbocycles. The second kappa shape index (κ2) is 8.24. The smallest absolute Gasteiger partial charge is 0.159 e. The van der Waals surface area contributed by atoms with Crippen LogP contribution in [0.3, 0.4) is 0 Å². The van der Waals surface area contributed by atoms with Gasteiger partial charge in [-0.3, -0.25) is 4.79 Å². The molecule has 0 aromatic carbocycles. The molecular weight excluding hydrogens is 432 g/mol. The van der Waals surface area contributed by atoms with Crippen LogP contribution in [0.15, 0.2) is 23.8 Å². The Labute approximate surface area is 203 Å². The van der Waals surface area contributed by atoms with Crippen molar-refractivity contribution >= 4 is 5.78 Å². The first-order chi connectivity index (χ1) is 15.6. The Balaban J connectivity index is 1.68. The van der Waals surface area contributed by atoms with E-state index in [4.69, 9.17) is 0 Å². The van der Waals surface area contributed by atoms with Gasteiger partial charge in [-0.1, -0.05) is 39.8 Å². The van der Waals surface area contributed by atoms with Crippen LogP contribution in [0.4, 0.5) is 0 Å².